The van der Waals surface area contributed by atoms with Crippen molar-refractivity contribution >= 4 is 0 Å². The van der Waals surface area contributed by atoms with E-state index in [4.69, 9.17) is 0 Å². The van der Waals surface area contributed by atoms with Crippen LogP contribution in [-0.2, 0) is 6.42 Å². The maximum Gasteiger partial charge on any atom is 0.119 e. The first-order chi connectivity index (χ1) is 9.84. The highest BCUT2D eigenvalue weighted by Crippen LogP contribution is 2.45. The summed E-state index contributed by atoms with van der Waals surface area (Å²) in [5.41, 5.74) is 2.63. The van der Waals surface area contributed by atoms with Gasteiger partial charge in [-0.2, -0.15) is 0 Å². The van der Waals surface area contributed by atoms with Crippen molar-refractivity contribution in [1.29, 1.82) is 0 Å². The van der Waals surface area contributed by atoms with Gasteiger partial charge in [0, 0.05) is 12.1 Å². The Balaban J connectivity index is 1.64. The molecule has 2 fully saturated rings. The average molecular weight is 271 g/mol. The van der Waals surface area contributed by atoms with Gasteiger partial charge >= 0.3 is 0 Å². The SMILES string of the molecule is Oc1cccc2c1CCC2N1CCCC2CCCCC21. The molecule has 0 amide bonds. The van der Waals surface area contributed by atoms with Gasteiger partial charge in [-0.25, -0.2) is 0 Å². The van der Waals surface area contributed by atoms with Crippen molar-refractivity contribution in [3.05, 3.63) is 29.3 Å². The number of benzene rings is 1. The molecule has 1 N–H and O–H groups in total. The Kier molecular flexibility index (Phi) is 3.22. The Hall–Kier alpha value is -1.02. The topological polar surface area (TPSA) is 23.5 Å². The second-order valence-electron chi connectivity index (χ2n) is 6.89. The Labute approximate surface area is 121 Å². The number of fused-ring (bicyclic) bond motifs is 2. The van der Waals surface area contributed by atoms with Crippen LogP contribution in [0.25, 0.3) is 0 Å². The number of aromatic hydroxyl groups is 1. The smallest absolute Gasteiger partial charge is 0.119 e. The molecule has 1 aliphatic heterocycles. The van der Waals surface area contributed by atoms with Crippen LogP contribution in [-0.4, -0.2) is 22.6 Å². The van der Waals surface area contributed by atoms with Gasteiger partial charge in [-0.15, -0.1) is 0 Å². The van der Waals surface area contributed by atoms with E-state index in [9.17, 15) is 5.11 Å². The number of hydrogen-bond donors (Lipinski definition) is 1. The number of phenolic OH excluding ortho intramolecular Hbond substituents is 1. The van der Waals surface area contributed by atoms with Crippen LogP contribution >= 0.6 is 0 Å². The monoisotopic (exact) mass is 271 g/mol. The van der Waals surface area contributed by atoms with Gasteiger partial charge in [0.25, 0.3) is 0 Å². The Morgan fingerprint density at radius 2 is 1.85 bits per heavy atom. The molecular formula is C18H25NO. The maximum absolute atomic E-state index is 10.1. The minimum Gasteiger partial charge on any atom is -0.508 e. The quantitative estimate of drug-likeness (QED) is 0.833. The van der Waals surface area contributed by atoms with Crippen LogP contribution in [0.5, 0.6) is 5.75 Å². The number of piperidine rings is 1. The molecule has 3 aliphatic rings. The molecular weight excluding hydrogens is 246 g/mol. The van der Waals surface area contributed by atoms with Gasteiger partial charge in [-0.3, -0.25) is 4.90 Å². The lowest BCUT2D eigenvalue weighted by Crippen LogP contribution is -2.47. The molecule has 108 valence electrons. The minimum atomic E-state index is 0.516. The van der Waals surface area contributed by atoms with Gasteiger partial charge in [-0.1, -0.05) is 25.0 Å². The zero-order valence-corrected chi connectivity index (χ0v) is 12.2. The van der Waals surface area contributed by atoms with Crippen LogP contribution in [0.2, 0.25) is 0 Å². The summed E-state index contributed by atoms with van der Waals surface area (Å²) in [5.74, 6) is 1.46. The van der Waals surface area contributed by atoms with E-state index in [2.05, 4.69) is 11.0 Å². The van der Waals surface area contributed by atoms with Crippen molar-refractivity contribution in [2.24, 2.45) is 5.92 Å². The van der Waals surface area contributed by atoms with E-state index in [0.717, 1.165) is 18.4 Å². The highest BCUT2D eigenvalue weighted by molar-refractivity contribution is 5.44. The molecule has 1 saturated heterocycles. The number of likely N-dealkylation sites (tertiary alicyclic amines) is 1. The number of hydrogen-bond acceptors (Lipinski definition) is 2. The molecule has 0 radical (unpaired) electrons. The summed E-state index contributed by atoms with van der Waals surface area (Å²) >= 11 is 0. The Morgan fingerprint density at radius 1 is 1.00 bits per heavy atom. The maximum atomic E-state index is 10.1. The fourth-order valence-electron chi connectivity index (χ4n) is 5.01. The number of nitrogens with zero attached hydrogens (tertiary/aromatic N) is 1. The van der Waals surface area contributed by atoms with Crippen molar-refractivity contribution in [1.82, 2.24) is 4.90 Å². The van der Waals surface area contributed by atoms with Crippen molar-refractivity contribution in [2.75, 3.05) is 6.54 Å². The molecule has 3 atom stereocenters. The van der Waals surface area contributed by atoms with Gasteiger partial charge in [0.05, 0.1) is 0 Å². The lowest BCUT2D eigenvalue weighted by molar-refractivity contribution is 0.0254. The van der Waals surface area contributed by atoms with E-state index >= 15 is 0 Å². The van der Waals surface area contributed by atoms with E-state index in [0.29, 0.717) is 11.8 Å². The third-order valence-electron chi connectivity index (χ3n) is 5.90. The van der Waals surface area contributed by atoms with E-state index in [1.54, 1.807) is 0 Å². The highest BCUT2D eigenvalue weighted by atomic mass is 16.3. The minimum absolute atomic E-state index is 0.516. The van der Waals surface area contributed by atoms with Crippen molar-refractivity contribution in [3.63, 3.8) is 0 Å². The average Bonchev–Trinajstić information content (AvgIpc) is 2.92. The first-order valence-electron chi connectivity index (χ1n) is 8.41. The molecule has 0 aromatic heterocycles. The first-order valence-corrected chi connectivity index (χ1v) is 8.41. The summed E-state index contributed by atoms with van der Waals surface area (Å²) in [5, 5.41) is 10.1. The Bertz CT molecular complexity index is 496. The molecule has 1 aromatic carbocycles. The molecule has 2 aliphatic carbocycles. The molecule has 3 unspecified atom stereocenters. The van der Waals surface area contributed by atoms with Gasteiger partial charge in [-0.05, 0) is 68.2 Å². The predicted molar refractivity (Wildman–Crippen MR) is 80.9 cm³/mol. The normalized spacial score (nSPS) is 33.7. The third-order valence-corrected chi connectivity index (χ3v) is 5.90. The van der Waals surface area contributed by atoms with E-state index in [1.165, 1.54) is 62.6 Å². The molecule has 0 bridgehead atoms. The molecule has 2 nitrogen and oxygen atoms in total. The summed E-state index contributed by atoms with van der Waals surface area (Å²) in [6.07, 6.45) is 10.8. The van der Waals surface area contributed by atoms with Crippen LogP contribution in [0, 0.1) is 5.92 Å². The van der Waals surface area contributed by atoms with Crippen LogP contribution in [0.15, 0.2) is 18.2 Å². The lowest BCUT2D eigenvalue weighted by atomic mass is 9.77. The van der Waals surface area contributed by atoms with Crippen LogP contribution in [0.4, 0.5) is 0 Å². The molecule has 1 heterocycles. The van der Waals surface area contributed by atoms with Crippen molar-refractivity contribution in [2.45, 2.75) is 63.5 Å². The van der Waals surface area contributed by atoms with E-state index in [-0.39, 0.29) is 0 Å². The van der Waals surface area contributed by atoms with E-state index in [1.807, 2.05) is 12.1 Å². The second-order valence-corrected chi connectivity index (χ2v) is 6.89. The van der Waals surface area contributed by atoms with Crippen LogP contribution in [0.3, 0.4) is 0 Å². The Morgan fingerprint density at radius 3 is 2.80 bits per heavy atom. The second kappa shape index (κ2) is 5.07. The van der Waals surface area contributed by atoms with Crippen molar-refractivity contribution < 1.29 is 5.11 Å². The summed E-state index contributed by atoms with van der Waals surface area (Å²) in [6, 6.07) is 7.51. The summed E-state index contributed by atoms with van der Waals surface area (Å²) in [6.45, 7) is 1.26. The zero-order chi connectivity index (χ0) is 13.5. The fourth-order valence-corrected chi connectivity index (χ4v) is 5.01. The molecule has 0 spiro atoms. The summed E-state index contributed by atoms with van der Waals surface area (Å²) < 4.78 is 0. The van der Waals surface area contributed by atoms with Gasteiger partial charge < -0.3 is 5.11 Å². The van der Waals surface area contributed by atoms with Gasteiger partial charge in [0.15, 0.2) is 0 Å². The number of phenols is 1. The summed E-state index contributed by atoms with van der Waals surface area (Å²) in [4.78, 5) is 2.80. The third kappa shape index (κ3) is 1.96. The largest absolute Gasteiger partial charge is 0.508 e. The van der Waals surface area contributed by atoms with Crippen molar-refractivity contribution in [3.8, 4) is 5.75 Å². The standard InChI is InChI=1S/C18H25NO/c20-18-9-3-7-14-15(18)10-11-17(14)19-12-4-6-13-5-1-2-8-16(13)19/h3,7,9,13,16-17,20H,1-2,4-6,8,10-12H2. The van der Waals surface area contributed by atoms with Gasteiger partial charge in [0.2, 0.25) is 0 Å². The van der Waals surface area contributed by atoms with Crippen LogP contribution in [0.1, 0.15) is 62.1 Å². The number of rotatable bonds is 1. The molecule has 4 rings (SSSR count). The lowest BCUT2D eigenvalue weighted by Gasteiger charge is -2.47. The van der Waals surface area contributed by atoms with Gasteiger partial charge in [0.1, 0.15) is 5.75 Å². The molecule has 20 heavy (non-hydrogen) atoms. The summed E-state index contributed by atoms with van der Waals surface area (Å²) in [7, 11) is 0. The van der Waals surface area contributed by atoms with E-state index < -0.39 is 0 Å². The highest BCUT2D eigenvalue weighted by Gasteiger charge is 2.39. The molecule has 1 saturated carbocycles. The van der Waals surface area contributed by atoms with Crippen LogP contribution < -0.4 is 0 Å². The first kappa shape index (κ1) is 12.7. The fraction of sp³-hybridized carbons (Fsp3) is 0.667. The zero-order valence-electron chi connectivity index (χ0n) is 12.2. The predicted octanol–water partition coefficient (Wildman–Crippen LogP) is 4.03. The molecule has 2 heteroatoms. The molecule has 1 aromatic rings.